The molecule has 1 saturated heterocycles. The van der Waals surface area contributed by atoms with Crippen LogP contribution >= 0.6 is 0 Å². The highest BCUT2D eigenvalue weighted by atomic mass is 16.2. The van der Waals surface area contributed by atoms with Gasteiger partial charge >= 0.3 is 0 Å². The van der Waals surface area contributed by atoms with Crippen LogP contribution < -0.4 is 0 Å². The van der Waals surface area contributed by atoms with E-state index in [9.17, 15) is 4.79 Å². The quantitative estimate of drug-likeness (QED) is 0.773. The molecule has 2 heterocycles. The maximum atomic E-state index is 13.0. The minimum Gasteiger partial charge on any atom is -0.338 e. The zero-order valence-electron chi connectivity index (χ0n) is 15.7. The van der Waals surface area contributed by atoms with Crippen LogP contribution in [0, 0.1) is 16.7 Å². The lowest BCUT2D eigenvalue weighted by atomic mass is 9.80. The molecule has 4 heteroatoms. The Bertz CT molecular complexity index is 841. The van der Waals surface area contributed by atoms with Crippen LogP contribution in [0.2, 0.25) is 0 Å². The topological polar surface area (TPSA) is 57.0 Å². The number of likely N-dealkylation sites (tertiary alicyclic amines) is 1. The number of nitrogens with zero attached hydrogens (tertiary/aromatic N) is 3. The summed E-state index contributed by atoms with van der Waals surface area (Å²) in [5, 5.41) is 8.85. The van der Waals surface area contributed by atoms with Gasteiger partial charge in [-0.3, -0.25) is 4.79 Å². The van der Waals surface area contributed by atoms with E-state index in [1.165, 1.54) is 38.5 Å². The van der Waals surface area contributed by atoms with Gasteiger partial charge in [-0.1, -0.05) is 37.8 Å². The van der Waals surface area contributed by atoms with Gasteiger partial charge in [0.15, 0.2) is 0 Å². The molecule has 2 aliphatic rings. The van der Waals surface area contributed by atoms with E-state index in [1.54, 1.807) is 12.3 Å². The lowest BCUT2D eigenvalue weighted by molar-refractivity contribution is 0.0767. The van der Waals surface area contributed by atoms with Crippen LogP contribution in [0.1, 0.15) is 61.0 Å². The minimum atomic E-state index is 0.153. The lowest BCUT2D eigenvalue weighted by Crippen LogP contribution is -2.32. The third-order valence-electron chi connectivity index (χ3n) is 6.23. The first-order chi connectivity index (χ1) is 13.2. The van der Waals surface area contributed by atoms with Crippen LogP contribution in [0.3, 0.4) is 0 Å². The Kier molecular flexibility index (Phi) is 4.94. The molecule has 0 bridgehead atoms. The van der Waals surface area contributed by atoms with Gasteiger partial charge in [0, 0.05) is 30.4 Å². The smallest absolute Gasteiger partial charge is 0.253 e. The molecule has 1 amide bonds. The first-order valence-electron chi connectivity index (χ1n) is 9.95. The van der Waals surface area contributed by atoms with Gasteiger partial charge in [-0.25, -0.2) is 4.98 Å². The van der Waals surface area contributed by atoms with Crippen LogP contribution in [-0.2, 0) is 0 Å². The van der Waals surface area contributed by atoms with Gasteiger partial charge in [-0.2, -0.15) is 5.26 Å². The van der Waals surface area contributed by atoms with Crippen LogP contribution in [0.5, 0.6) is 0 Å². The molecule has 1 saturated carbocycles. The van der Waals surface area contributed by atoms with Gasteiger partial charge in [0.25, 0.3) is 5.91 Å². The summed E-state index contributed by atoms with van der Waals surface area (Å²) in [6.07, 6.45) is 10.7. The summed E-state index contributed by atoms with van der Waals surface area (Å²) in [4.78, 5) is 19.1. The number of rotatable bonds is 2. The van der Waals surface area contributed by atoms with Crippen molar-refractivity contribution in [2.24, 2.45) is 5.41 Å². The number of benzene rings is 1. The molecule has 4 nitrogen and oxygen atoms in total. The number of pyridine rings is 1. The van der Waals surface area contributed by atoms with Crippen molar-refractivity contribution >= 4 is 5.91 Å². The third-order valence-corrected chi connectivity index (χ3v) is 6.23. The Hall–Kier alpha value is -2.67. The van der Waals surface area contributed by atoms with E-state index < -0.39 is 0 Å². The average molecular weight is 359 g/mol. The number of amides is 1. The van der Waals surface area contributed by atoms with Crippen molar-refractivity contribution in [2.45, 2.75) is 44.9 Å². The average Bonchev–Trinajstić information content (AvgIpc) is 3.00. The molecule has 2 fully saturated rings. The monoisotopic (exact) mass is 359 g/mol. The fraction of sp³-hybridized carbons (Fsp3) is 0.435. The first-order valence-corrected chi connectivity index (χ1v) is 9.95. The Morgan fingerprint density at radius 2 is 1.67 bits per heavy atom. The first kappa shape index (κ1) is 17.7. The highest BCUT2D eigenvalue weighted by Gasteiger charge is 2.39. The van der Waals surface area contributed by atoms with Crippen LogP contribution in [0.15, 0.2) is 42.6 Å². The predicted octanol–water partition coefficient (Wildman–Crippen LogP) is 4.81. The summed E-state index contributed by atoms with van der Waals surface area (Å²) in [5.41, 5.74) is 3.50. The second-order valence-electron chi connectivity index (χ2n) is 8.01. The van der Waals surface area contributed by atoms with Crippen LogP contribution in [0.4, 0.5) is 0 Å². The van der Waals surface area contributed by atoms with E-state index in [0.717, 1.165) is 36.2 Å². The minimum absolute atomic E-state index is 0.153. The number of aromatic nitrogens is 1. The Morgan fingerprint density at radius 3 is 2.30 bits per heavy atom. The zero-order chi connectivity index (χ0) is 18.7. The predicted molar refractivity (Wildman–Crippen MR) is 105 cm³/mol. The van der Waals surface area contributed by atoms with E-state index in [1.807, 2.05) is 36.4 Å². The summed E-state index contributed by atoms with van der Waals surface area (Å²) in [5.74, 6) is 0.153. The second-order valence-corrected chi connectivity index (χ2v) is 8.01. The van der Waals surface area contributed by atoms with E-state index >= 15 is 0 Å². The molecule has 4 rings (SSSR count). The van der Waals surface area contributed by atoms with Crippen molar-refractivity contribution in [3.8, 4) is 17.2 Å². The Morgan fingerprint density at radius 1 is 0.963 bits per heavy atom. The molecule has 1 spiro atoms. The molecule has 0 N–H and O–H groups in total. The maximum Gasteiger partial charge on any atom is 0.253 e. The molecule has 0 unspecified atom stereocenters. The molecule has 1 aliphatic carbocycles. The second kappa shape index (κ2) is 7.52. The van der Waals surface area contributed by atoms with E-state index in [4.69, 9.17) is 5.26 Å². The van der Waals surface area contributed by atoms with Gasteiger partial charge in [0.1, 0.15) is 11.8 Å². The molecule has 138 valence electrons. The lowest BCUT2D eigenvalue weighted by Gasteiger charge is -2.27. The Balaban J connectivity index is 1.45. The highest BCUT2D eigenvalue weighted by molar-refractivity contribution is 5.95. The summed E-state index contributed by atoms with van der Waals surface area (Å²) >= 11 is 0. The highest BCUT2D eigenvalue weighted by Crippen LogP contribution is 2.43. The summed E-state index contributed by atoms with van der Waals surface area (Å²) < 4.78 is 0. The number of hydrogen-bond donors (Lipinski definition) is 0. The van der Waals surface area contributed by atoms with Gasteiger partial charge < -0.3 is 4.90 Å². The molecule has 1 aromatic carbocycles. The number of nitriles is 1. The summed E-state index contributed by atoms with van der Waals surface area (Å²) in [6, 6.07) is 13.4. The largest absolute Gasteiger partial charge is 0.338 e. The van der Waals surface area contributed by atoms with Crippen molar-refractivity contribution in [2.75, 3.05) is 13.1 Å². The van der Waals surface area contributed by atoms with Crippen molar-refractivity contribution in [3.05, 3.63) is 53.9 Å². The maximum absolute atomic E-state index is 13.0. The van der Waals surface area contributed by atoms with E-state index in [-0.39, 0.29) is 5.91 Å². The number of hydrogen-bond acceptors (Lipinski definition) is 3. The summed E-state index contributed by atoms with van der Waals surface area (Å²) in [6.45, 7) is 1.81. The molecule has 1 aromatic heterocycles. The van der Waals surface area contributed by atoms with Gasteiger partial charge in [0.05, 0.1) is 0 Å². The molecule has 27 heavy (non-hydrogen) atoms. The fourth-order valence-corrected chi connectivity index (χ4v) is 4.61. The van der Waals surface area contributed by atoms with E-state index in [0.29, 0.717) is 11.1 Å². The number of carbonyl (C=O) groups excluding carboxylic acids is 1. The molecule has 1 aliphatic heterocycles. The SMILES string of the molecule is N#Cc1ccc(-c2ccc(C(=O)N3CCC4(CCCCCC4)C3)cc2)cn1. The van der Waals surface area contributed by atoms with Crippen molar-refractivity contribution in [1.29, 1.82) is 5.26 Å². The van der Waals surface area contributed by atoms with Crippen LogP contribution in [-0.4, -0.2) is 28.9 Å². The summed E-state index contributed by atoms with van der Waals surface area (Å²) in [7, 11) is 0. The standard InChI is InChI=1S/C23H25N3O/c24-15-21-10-9-20(16-25-21)18-5-7-19(8-6-18)22(27)26-14-13-23(17-26)11-3-1-2-4-12-23/h5-10,16H,1-4,11-14,17H2. The van der Waals surface area contributed by atoms with Crippen molar-refractivity contribution in [3.63, 3.8) is 0 Å². The Labute approximate surface area is 160 Å². The fourth-order valence-electron chi connectivity index (χ4n) is 4.61. The van der Waals surface area contributed by atoms with E-state index in [2.05, 4.69) is 9.88 Å². The molecular weight excluding hydrogens is 334 g/mol. The molecular formula is C23H25N3O. The van der Waals surface area contributed by atoms with Crippen molar-refractivity contribution < 1.29 is 4.79 Å². The van der Waals surface area contributed by atoms with Gasteiger partial charge in [-0.15, -0.1) is 0 Å². The molecule has 0 atom stereocenters. The van der Waals surface area contributed by atoms with Gasteiger partial charge in [-0.05, 0) is 54.5 Å². The zero-order valence-corrected chi connectivity index (χ0v) is 15.7. The van der Waals surface area contributed by atoms with Crippen LogP contribution in [0.25, 0.3) is 11.1 Å². The molecule has 2 aromatic rings. The normalized spacial score (nSPS) is 18.9. The number of carbonyl (C=O) groups is 1. The van der Waals surface area contributed by atoms with Crippen molar-refractivity contribution in [1.82, 2.24) is 9.88 Å². The van der Waals surface area contributed by atoms with Gasteiger partial charge in [0.2, 0.25) is 0 Å². The third kappa shape index (κ3) is 3.73. The molecule has 0 radical (unpaired) electrons.